The quantitative estimate of drug-likeness (QED) is 0.744. The Morgan fingerprint density at radius 1 is 1.08 bits per heavy atom. The molecule has 0 aliphatic heterocycles. The topological polar surface area (TPSA) is 57.7 Å². The number of para-hydroxylation sites is 1. The van der Waals surface area contributed by atoms with E-state index in [1.165, 1.54) is 23.1 Å². The molecule has 2 aromatic rings. The van der Waals surface area contributed by atoms with E-state index in [0.717, 1.165) is 16.1 Å². The van der Waals surface area contributed by atoms with E-state index in [1.807, 2.05) is 30.3 Å². The first kappa shape index (κ1) is 19.9. The fourth-order valence-corrected chi connectivity index (χ4v) is 4.05. The fraction of sp³-hybridized carbons (Fsp3) is 0.316. The van der Waals surface area contributed by atoms with Crippen LogP contribution in [0.2, 0.25) is 0 Å². The van der Waals surface area contributed by atoms with Gasteiger partial charge in [0, 0.05) is 13.6 Å². The number of hydrogen-bond acceptors (Lipinski definition) is 3. The zero-order valence-electron chi connectivity index (χ0n) is 15.1. The van der Waals surface area contributed by atoms with Crippen LogP contribution in [0.3, 0.4) is 0 Å². The predicted octanol–water partition coefficient (Wildman–Crippen LogP) is 3.03. The highest BCUT2D eigenvalue weighted by Crippen LogP contribution is 2.26. The molecule has 0 heterocycles. The number of carbonyl (C=O) groups is 1. The van der Waals surface area contributed by atoms with Crippen LogP contribution < -0.4 is 4.31 Å². The third-order valence-electron chi connectivity index (χ3n) is 4.04. The number of anilines is 1. The van der Waals surface area contributed by atoms with E-state index in [1.54, 1.807) is 20.0 Å². The zero-order chi connectivity index (χ0) is 19.3. The van der Waals surface area contributed by atoms with Gasteiger partial charge in [-0.15, -0.1) is 0 Å². The molecule has 2 rings (SSSR count). The Bertz CT molecular complexity index is 856. The normalized spacial score (nSPS) is 12.5. The summed E-state index contributed by atoms with van der Waals surface area (Å²) in [6.07, 6.45) is 1.20. The molecular formula is C19H23FN2O3S. The second-order valence-electron chi connectivity index (χ2n) is 6.11. The van der Waals surface area contributed by atoms with Gasteiger partial charge in [0.15, 0.2) is 0 Å². The molecule has 1 amide bonds. The maximum absolute atomic E-state index is 14.2. The Hall–Kier alpha value is -2.41. The summed E-state index contributed by atoms with van der Waals surface area (Å²) >= 11 is 0. The lowest BCUT2D eigenvalue weighted by Crippen LogP contribution is -2.49. The van der Waals surface area contributed by atoms with Gasteiger partial charge < -0.3 is 4.90 Å². The largest absolute Gasteiger partial charge is 0.340 e. The van der Waals surface area contributed by atoms with Crippen molar-refractivity contribution in [1.82, 2.24) is 4.90 Å². The highest BCUT2D eigenvalue weighted by Gasteiger charge is 2.34. The first-order valence-corrected chi connectivity index (χ1v) is 10.1. The molecule has 0 aromatic heterocycles. The molecule has 0 fully saturated rings. The van der Waals surface area contributed by atoms with Crippen molar-refractivity contribution in [3.8, 4) is 0 Å². The maximum Gasteiger partial charge on any atom is 0.246 e. The Morgan fingerprint density at radius 3 is 2.19 bits per heavy atom. The number of likely N-dealkylation sites (N-methyl/N-ethyl adjacent to an activating group) is 1. The van der Waals surface area contributed by atoms with E-state index in [-0.39, 0.29) is 18.0 Å². The molecule has 0 aliphatic carbocycles. The summed E-state index contributed by atoms with van der Waals surface area (Å²) in [4.78, 5) is 14.4. The van der Waals surface area contributed by atoms with Crippen LogP contribution in [-0.2, 0) is 21.4 Å². The molecule has 0 saturated carbocycles. The monoisotopic (exact) mass is 378 g/mol. The summed E-state index contributed by atoms with van der Waals surface area (Å²) in [5, 5.41) is 0. The molecule has 140 valence electrons. The van der Waals surface area contributed by atoms with Gasteiger partial charge in [-0.05, 0) is 24.1 Å². The zero-order valence-corrected chi connectivity index (χ0v) is 15.9. The summed E-state index contributed by atoms with van der Waals surface area (Å²) < 4.78 is 39.8. The van der Waals surface area contributed by atoms with Crippen LogP contribution in [0, 0.1) is 5.82 Å². The molecule has 0 spiro atoms. The van der Waals surface area contributed by atoms with Crippen molar-refractivity contribution >= 4 is 21.6 Å². The fourth-order valence-electron chi connectivity index (χ4n) is 2.84. The van der Waals surface area contributed by atoms with E-state index >= 15 is 0 Å². The molecule has 0 unspecified atom stereocenters. The summed E-state index contributed by atoms with van der Waals surface area (Å²) in [6.45, 7) is 2.04. The Morgan fingerprint density at radius 2 is 1.65 bits per heavy atom. The summed E-state index contributed by atoms with van der Waals surface area (Å²) in [5.74, 6) is -1.07. The van der Waals surface area contributed by atoms with Crippen LogP contribution in [0.4, 0.5) is 10.1 Å². The molecule has 0 radical (unpaired) electrons. The van der Waals surface area contributed by atoms with Crippen molar-refractivity contribution in [3.63, 3.8) is 0 Å². The smallest absolute Gasteiger partial charge is 0.246 e. The molecule has 0 N–H and O–H groups in total. The highest BCUT2D eigenvalue weighted by molar-refractivity contribution is 7.92. The molecule has 7 heteroatoms. The van der Waals surface area contributed by atoms with Gasteiger partial charge in [0.2, 0.25) is 15.9 Å². The molecular weight excluding hydrogens is 355 g/mol. The van der Waals surface area contributed by atoms with Gasteiger partial charge in [0.05, 0.1) is 11.9 Å². The first-order valence-electron chi connectivity index (χ1n) is 8.28. The molecule has 1 atom stereocenters. The van der Waals surface area contributed by atoms with Crippen LogP contribution in [0.5, 0.6) is 0 Å². The van der Waals surface area contributed by atoms with Crippen molar-refractivity contribution in [2.24, 2.45) is 0 Å². The second-order valence-corrected chi connectivity index (χ2v) is 7.97. The maximum atomic E-state index is 14.2. The van der Waals surface area contributed by atoms with E-state index in [9.17, 15) is 17.6 Å². The van der Waals surface area contributed by atoms with Crippen LogP contribution in [-0.4, -0.2) is 38.6 Å². The number of rotatable bonds is 7. The van der Waals surface area contributed by atoms with Crippen molar-refractivity contribution < 1.29 is 17.6 Å². The van der Waals surface area contributed by atoms with E-state index in [0.29, 0.717) is 6.54 Å². The third kappa shape index (κ3) is 4.60. The van der Waals surface area contributed by atoms with Crippen LogP contribution in [0.15, 0.2) is 54.6 Å². The lowest BCUT2D eigenvalue weighted by molar-refractivity contribution is -0.131. The third-order valence-corrected chi connectivity index (χ3v) is 5.21. The SMILES string of the molecule is CC[C@H](C(=O)N(C)Cc1ccccc1)N(c1ccccc1F)S(C)(=O)=O. The highest BCUT2D eigenvalue weighted by atomic mass is 32.2. The van der Waals surface area contributed by atoms with E-state index in [2.05, 4.69) is 0 Å². The standard InChI is InChI=1S/C19H23FN2O3S/c1-4-17(19(23)21(2)14-15-10-6-5-7-11-15)22(26(3,24)25)18-13-9-8-12-16(18)20/h5-13,17H,4,14H2,1-3H3/t17-/m1/s1. The number of carbonyl (C=O) groups excluding carboxylic acids is 1. The van der Waals surface area contributed by atoms with Gasteiger partial charge in [-0.25, -0.2) is 12.8 Å². The molecule has 2 aromatic carbocycles. The van der Waals surface area contributed by atoms with Gasteiger partial charge >= 0.3 is 0 Å². The predicted molar refractivity (Wildman–Crippen MR) is 101 cm³/mol. The molecule has 0 bridgehead atoms. The van der Waals surface area contributed by atoms with E-state index in [4.69, 9.17) is 0 Å². The first-order chi connectivity index (χ1) is 12.3. The average molecular weight is 378 g/mol. The van der Waals surface area contributed by atoms with Crippen molar-refractivity contribution in [2.45, 2.75) is 25.9 Å². The second kappa shape index (κ2) is 8.31. The van der Waals surface area contributed by atoms with Crippen LogP contribution >= 0.6 is 0 Å². The average Bonchev–Trinajstić information content (AvgIpc) is 2.60. The van der Waals surface area contributed by atoms with E-state index < -0.39 is 21.9 Å². The Kier molecular flexibility index (Phi) is 6.37. The number of nitrogens with zero attached hydrogens (tertiary/aromatic N) is 2. The summed E-state index contributed by atoms with van der Waals surface area (Å²) in [6, 6.07) is 13.9. The summed E-state index contributed by atoms with van der Waals surface area (Å²) in [7, 11) is -2.25. The molecule has 5 nitrogen and oxygen atoms in total. The minimum atomic E-state index is -3.86. The van der Waals surface area contributed by atoms with Gasteiger partial charge in [-0.2, -0.15) is 0 Å². The molecule has 0 aliphatic rings. The lowest BCUT2D eigenvalue weighted by Gasteiger charge is -2.33. The number of sulfonamides is 1. The van der Waals surface area contributed by atoms with Crippen molar-refractivity contribution in [3.05, 3.63) is 66.0 Å². The minimum absolute atomic E-state index is 0.122. The Labute approximate surface area is 154 Å². The lowest BCUT2D eigenvalue weighted by atomic mass is 10.1. The summed E-state index contributed by atoms with van der Waals surface area (Å²) in [5.41, 5.74) is 0.804. The van der Waals surface area contributed by atoms with Crippen LogP contribution in [0.25, 0.3) is 0 Å². The minimum Gasteiger partial charge on any atom is -0.340 e. The number of halogens is 1. The number of amides is 1. The Balaban J connectivity index is 2.36. The number of hydrogen-bond donors (Lipinski definition) is 0. The van der Waals surface area contributed by atoms with Crippen molar-refractivity contribution in [1.29, 1.82) is 0 Å². The van der Waals surface area contributed by atoms with Crippen LogP contribution in [0.1, 0.15) is 18.9 Å². The van der Waals surface area contributed by atoms with Gasteiger partial charge in [0.25, 0.3) is 0 Å². The molecule has 26 heavy (non-hydrogen) atoms. The number of benzene rings is 2. The van der Waals surface area contributed by atoms with Gasteiger partial charge in [0.1, 0.15) is 11.9 Å². The van der Waals surface area contributed by atoms with Gasteiger partial charge in [-0.3, -0.25) is 9.10 Å². The van der Waals surface area contributed by atoms with Gasteiger partial charge in [-0.1, -0.05) is 49.4 Å². The molecule has 0 saturated heterocycles. The van der Waals surface area contributed by atoms with Crippen molar-refractivity contribution in [2.75, 3.05) is 17.6 Å².